The van der Waals surface area contributed by atoms with Crippen molar-refractivity contribution in [1.82, 2.24) is 5.43 Å². The summed E-state index contributed by atoms with van der Waals surface area (Å²) in [6.45, 7) is 0. The average Bonchev–Trinajstić information content (AvgIpc) is 2.48. The van der Waals surface area contributed by atoms with E-state index in [0.717, 1.165) is 10.6 Å². The first-order valence-electron chi connectivity index (χ1n) is 3.27. The van der Waals surface area contributed by atoms with Gasteiger partial charge in [-0.25, -0.2) is 0 Å². The molecule has 1 aromatic heterocycles. The number of hydrogen-bond donors (Lipinski definition) is 1. The van der Waals surface area contributed by atoms with Gasteiger partial charge < -0.3 is 0 Å². The molecule has 0 bridgehead atoms. The third-order valence-corrected chi connectivity index (χ3v) is 2.16. The zero-order valence-corrected chi connectivity index (χ0v) is 6.82. The fourth-order valence-electron chi connectivity index (χ4n) is 0.778. The number of nitrogens with zero attached hydrogens (tertiary/aromatic N) is 4. The van der Waals surface area contributed by atoms with Crippen molar-refractivity contribution in [2.75, 3.05) is 0 Å². The Morgan fingerprint density at radius 1 is 1.33 bits per heavy atom. The van der Waals surface area contributed by atoms with Crippen molar-refractivity contribution in [2.45, 2.75) is 0 Å². The average molecular weight is 179 g/mol. The molecule has 1 aliphatic rings. The van der Waals surface area contributed by atoms with Gasteiger partial charge in [-0.15, -0.1) is 16.5 Å². The first-order chi connectivity index (χ1) is 5.97. The summed E-state index contributed by atoms with van der Waals surface area (Å²) in [5, 5.41) is 16.1. The molecule has 2 rings (SSSR count). The Labute approximate surface area is 72.5 Å². The topological polar surface area (TPSA) is 61.5 Å². The largest absolute Gasteiger partial charge is 0.263 e. The summed E-state index contributed by atoms with van der Waals surface area (Å²) in [6, 6.07) is 3.91. The van der Waals surface area contributed by atoms with Crippen molar-refractivity contribution in [3.05, 3.63) is 28.6 Å². The van der Waals surface area contributed by atoms with Crippen molar-refractivity contribution in [3.8, 4) is 0 Å². The van der Waals surface area contributed by atoms with E-state index in [1.54, 1.807) is 17.5 Å². The van der Waals surface area contributed by atoms with Gasteiger partial charge in [0, 0.05) is 0 Å². The summed E-state index contributed by atoms with van der Waals surface area (Å²) in [5.74, 6) is 0. The summed E-state index contributed by atoms with van der Waals surface area (Å²) >= 11 is 1.59. The van der Waals surface area contributed by atoms with E-state index in [9.17, 15) is 0 Å². The smallest absolute Gasteiger partial charge is 0.122 e. The molecule has 60 valence electrons. The third kappa shape index (κ3) is 1.37. The van der Waals surface area contributed by atoms with Crippen LogP contribution >= 0.6 is 11.3 Å². The van der Waals surface area contributed by atoms with Gasteiger partial charge in [0.2, 0.25) is 0 Å². The van der Waals surface area contributed by atoms with Gasteiger partial charge in [-0.05, 0) is 27.1 Å². The molecule has 0 saturated heterocycles. The normalized spacial score (nSPS) is 15.2. The Kier molecular flexibility index (Phi) is 1.91. The molecular formula is C6H5N5S. The van der Waals surface area contributed by atoms with E-state index in [2.05, 4.69) is 26.2 Å². The van der Waals surface area contributed by atoms with Gasteiger partial charge in [0.25, 0.3) is 0 Å². The van der Waals surface area contributed by atoms with E-state index < -0.39 is 0 Å². The summed E-state index contributed by atoms with van der Waals surface area (Å²) < 4.78 is 0. The zero-order valence-electron chi connectivity index (χ0n) is 6.01. The van der Waals surface area contributed by atoms with Gasteiger partial charge >= 0.3 is 0 Å². The lowest BCUT2D eigenvalue weighted by Crippen LogP contribution is -1.90. The van der Waals surface area contributed by atoms with E-state index >= 15 is 0 Å². The van der Waals surface area contributed by atoms with Gasteiger partial charge in [0.15, 0.2) is 0 Å². The zero-order chi connectivity index (χ0) is 8.23. The molecule has 0 aromatic carbocycles. The number of hydrogen-bond acceptors (Lipinski definition) is 6. The number of thiophene rings is 1. The maximum Gasteiger partial charge on any atom is 0.122 e. The Morgan fingerprint density at radius 3 is 3.17 bits per heavy atom. The van der Waals surface area contributed by atoms with Crippen molar-refractivity contribution in [3.63, 3.8) is 0 Å². The van der Waals surface area contributed by atoms with Gasteiger partial charge in [0.05, 0.1) is 11.1 Å². The predicted octanol–water partition coefficient (Wildman–Crippen LogP) is 2.38. The molecule has 0 radical (unpaired) electrons. The molecule has 2 heterocycles. The van der Waals surface area contributed by atoms with Crippen molar-refractivity contribution in [1.29, 1.82) is 0 Å². The lowest BCUT2D eigenvalue weighted by Gasteiger charge is -1.91. The minimum Gasteiger partial charge on any atom is -0.263 e. The first kappa shape index (κ1) is 7.11. The second-order valence-electron chi connectivity index (χ2n) is 2.01. The van der Waals surface area contributed by atoms with Crippen LogP contribution in [0.15, 0.2) is 44.5 Å². The van der Waals surface area contributed by atoms with E-state index in [1.807, 2.05) is 17.5 Å². The van der Waals surface area contributed by atoms with Crippen LogP contribution in [-0.4, -0.2) is 0 Å². The van der Waals surface area contributed by atoms with Gasteiger partial charge in [0.1, 0.15) is 5.70 Å². The Morgan fingerprint density at radius 2 is 2.33 bits per heavy atom. The van der Waals surface area contributed by atoms with E-state index in [1.165, 1.54) is 0 Å². The lowest BCUT2D eigenvalue weighted by molar-refractivity contribution is 0.818. The maximum absolute atomic E-state index is 3.84. The summed E-state index contributed by atoms with van der Waals surface area (Å²) in [5.41, 5.74) is 3.35. The second-order valence-corrected chi connectivity index (χ2v) is 2.96. The van der Waals surface area contributed by atoms with Crippen LogP contribution < -0.4 is 5.43 Å². The highest BCUT2D eigenvalue weighted by molar-refractivity contribution is 7.11. The summed E-state index contributed by atoms with van der Waals surface area (Å²) in [4.78, 5) is 1.04. The van der Waals surface area contributed by atoms with Crippen LogP contribution in [0.2, 0.25) is 0 Å². The van der Waals surface area contributed by atoms with E-state index in [0.29, 0.717) is 0 Å². The van der Waals surface area contributed by atoms with Crippen molar-refractivity contribution >= 4 is 17.0 Å². The molecule has 1 aliphatic heterocycles. The van der Waals surface area contributed by atoms with Crippen LogP contribution in [0.5, 0.6) is 0 Å². The lowest BCUT2D eigenvalue weighted by atomic mass is 10.4. The molecule has 12 heavy (non-hydrogen) atoms. The first-order valence-corrected chi connectivity index (χ1v) is 4.15. The number of nitrogens with one attached hydrogen (secondary N) is 1. The molecule has 0 amide bonds. The molecule has 6 heteroatoms. The Bertz CT molecular complexity index is 337. The van der Waals surface area contributed by atoms with Crippen LogP contribution in [0.25, 0.3) is 5.70 Å². The molecule has 1 N–H and O–H groups in total. The van der Waals surface area contributed by atoms with Gasteiger partial charge in [-0.1, -0.05) is 6.07 Å². The molecular weight excluding hydrogens is 174 g/mol. The molecule has 1 aromatic rings. The van der Waals surface area contributed by atoms with Crippen molar-refractivity contribution in [2.24, 2.45) is 20.8 Å². The van der Waals surface area contributed by atoms with Crippen LogP contribution in [0.4, 0.5) is 0 Å². The molecule has 0 spiro atoms. The highest BCUT2D eigenvalue weighted by Crippen LogP contribution is 2.21. The van der Waals surface area contributed by atoms with E-state index in [4.69, 9.17) is 0 Å². The monoisotopic (exact) mass is 179 g/mol. The molecule has 5 nitrogen and oxygen atoms in total. The minimum absolute atomic E-state index is 0.745. The van der Waals surface area contributed by atoms with Crippen molar-refractivity contribution < 1.29 is 0 Å². The summed E-state index contributed by atoms with van der Waals surface area (Å²) in [6.07, 6.45) is 1.66. The van der Waals surface area contributed by atoms with Crippen LogP contribution in [0.1, 0.15) is 4.88 Å². The second kappa shape index (κ2) is 3.22. The summed E-state index contributed by atoms with van der Waals surface area (Å²) in [7, 11) is 0. The van der Waals surface area contributed by atoms with Gasteiger partial charge in [-0.2, -0.15) is 0 Å². The van der Waals surface area contributed by atoms with Crippen LogP contribution in [-0.2, 0) is 0 Å². The highest BCUT2D eigenvalue weighted by atomic mass is 32.1. The number of rotatable bonds is 1. The van der Waals surface area contributed by atoms with Crippen LogP contribution in [0.3, 0.4) is 0 Å². The van der Waals surface area contributed by atoms with Gasteiger partial charge in [-0.3, -0.25) is 5.43 Å². The Balaban J connectivity index is 2.30. The maximum atomic E-state index is 3.84. The standard InChI is InChI=1S/C6H5N5S/c1-2-6(12-3-1)5-4-7-9-11-10-8-5/h1-4H,(H,7,8,11). The Hall–Kier alpha value is -1.56. The predicted molar refractivity (Wildman–Crippen MR) is 45.1 cm³/mol. The quantitative estimate of drug-likeness (QED) is 0.706. The molecule has 0 unspecified atom stereocenters. The molecule has 0 fully saturated rings. The fraction of sp³-hybridized carbons (Fsp3) is 0. The third-order valence-electron chi connectivity index (χ3n) is 1.27. The molecule has 0 saturated carbocycles. The SMILES string of the molecule is C1=C(c2cccs2)N=NN=NN1. The molecule has 0 aliphatic carbocycles. The van der Waals surface area contributed by atoms with E-state index in [-0.39, 0.29) is 0 Å². The van der Waals surface area contributed by atoms with Crippen LogP contribution in [0, 0.1) is 0 Å². The minimum atomic E-state index is 0.745. The fourth-order valence-corrected chi connectivity index (χ4v) is 1.46. The highest BCUT2D eigenvalue weighted by Gasteiger charge is 2.01. The molecule has 0 atom stereocenters.